The largest absolute Gasteiger partial charge is 0.458 e. The van der Waals surface area contributed by atoms with Gasteiger partial charge in [0.1, 0.15) is 6.10 Å². The minimum absolute atomic E-state index is 0. The summed E-state index contributed by atoms with van der Waals surface area (Å²) in [5.74, 6) is -0.412. The van der Waals surface area contributed by atoms with Crippen LogP contribution in [0.1, 0.15) is 31.1 Å². The molecule has 0 aliphatic carbocycles. The lowest BCUT2D eigenvalue weighted by molar-refractivity contribution is 0.0261. The Bertz CT molecular complexity index is 437. The number of anilines is 1. The second kappa shape index (κ2) is 9.06. The molecule has 6 heteroatoms. The van der Waals surface area contributed by atoms with E-state index in [9.17, 15) is 4.79 Å². The van der Waals surface area contributed by atoms with Crippen molar-refractivity contribution in [1.29, 1.82) is 0 Å². The molecule has 0 heterocycles. The lowest BCUT2D eigenvalue weighted by atomic mass is 10.2. The third-order valence-electron chi connectivity index (χ3n) is 2.93. The van der Waals surface area contributed by atoms with Crippen LogP contribution in [0.3, 0.4) is 0 Å². The van der Waals surface area contributed by atoms with Crippen molar-refractivity contribution < 1.29 is 9.53 Å². The monoisotopic (exact) mass is 320 g/mol. The first kappa shape index (κ1) is 19.0. The standard InChI is InChI=1S/C14H21ClN2O2.ClH/c1-4-17(5-2)9-10(3)19-14(18)12-7-6-11(16)8-13(12)15;/h6-8,10H,4-5,9,16H2,1-3H3;1H. The molecule has 0 aromatic heterocycles. The van der Waals surface area contributed by atoms with Crippen LogP contribution in [0, 0.1) is 0 Å². The van der Waals surface area contributed by atoms with Gasteiger partial charge in [-0.2, -0.15) is 0 Å². The Morgan fingerprint density at radius 3 is 2.50 bits per heavy atom. The van der Waals surface area contributed by atoms with Gasteiger partial charge in [-0.15, -0.1) is 12.4 Å². The summed E-state index contributed by atoms with van der Waals surface area (Å²) in [6, 6.07) is 4.77. The Kier molecular flexibility index (Phi) is 8.62. The molecule has 0 aliphatic heterocycles. The van der Waals surface area contributed by atoms with Gasteiger partial charge in [0.05, 0.1) is 10.6 Å². The molecule has 0 spiro atoms. The van der Waals surface area contributed by atoms with Gasteiger partial charge in [-0.25, -0.2) is 4.79 Å². The van der Waals surface area contributed by atoms with Crippen molar-refractivity contribution in [2.75, 3.05) is 25.4 Å². The molecule has 0 fully saturated rings. The zero-order chi connectivity index (χ0) is 14.4. The SMILES string of the molecule is CCN(CC)CC(C)OC(=O)c1ccc(N)cc1Cl.Cl. The van der Waals surface area contributed by atoms with Crippen molar-refractivity contribution in [2.45, 2.75) is 26.9 Å². The molecular weight excluding hydrogens is 299 g/mol. The number of halogens is 2. The van der Waals surface area contributed by atoms with Crippen molar-refractivity contribution in [1.82, 2.24) is 4.90 Å². The van der Waals surface area contributed by atoms with E-state index in [1.54, 1.807) is 18.2 Å². The molecular formula is C14H22Cl2N2O2. The summed E-state index contributed by atoms with van der Waals surface area (Å²) in [7, 11) is 0. The zero-order valence-electron chi connectivity index (χ0n) is 12.1. The van der Waals surface area contributed by atoms with Gasteiger partial charge in [-0.1, -0.05) is 25.4 Å². The average molecular weight is 321 g/mol. The summed E-state index contributed by atoms with van der Waals surface area (Å²) < 4.78 is 5.39. The summed E-state index contributed by atoms with van der Waals surface area (Å²) in [5.41, 5.74) is 6.46. The Morgan fingerprint density at radius 2 is 2.00 bits per heavy atom. The Hall–Kier alpha value is -0.970. The highest BCUT2D eigenvalue weighted by atomic mass is 35.5. The number of nitrogens with two attached hydrogens (primary N) is 1. The highest BCUT2D eigenvalue weighted by molar-refractivity contribution is 6.33. The molecule has 20 heavy (non-hydrogen) atoms. The fourth-order valence-electron chi connectivity index (χ4n) is 1.83. The van der Waals surface area contributed by atoms with Gasteiger partial charge in [0.25, 0.3) is 0 Å². The van der Waals surface area contributed by atoms with Crippen LogP contribution in [0.25, 0.3) is 0 Å². The molecule has 1 unspecified atom stereocenters. The van der Waals surface area contributed by atoms with Crippen LogP contribution in [-0.2, 0) is 4.74 Å². The molecule has 1 aromatic carbocycles. The minimum atomic E-state index is -0.412. The third-order valence-corrected chi connectivity index (χ3v) is 3.24. The van der Waals surface area contributed by atoms with Crippen molar-refractivity contribution in [2.24, 2.45) is 0 Å². The molecule has 4 nitrogen and oxygen atoms in total. The maximum Gasteiger partial charge on any atom is 0.339 e. The summed E-state index contributed by atoms with van der Waals surface area (Å²) in [5, 5.41) is 0.319. The third kappa shape index (κ3) is 5.57. The fourth-order valence-corrected chi connectivity index (χ4v) is 2.09. The number of nitrogen functional groups attached to an aromatic ring is 1. The van der Waals surface area contributed by atoms with E-state index in [0.717, 1.165) is 13.1 Å². The van der Waals surface area contributed by atoms with Gasteiger partial charge in [0.15, 0.2) is 0 Å². The number of hydrogen-bond donors (Lipinski definition) is 1. The predicted octanol–water partition coefficient (Wildman–Crippen LogP) is 3.23. The van der Waals surface area contributed by atoms with Crippen LogP contribution in [0.4, 0.5) is 5.69 Å². The normalized spacial score (nSPS) is 11.8. The van der Waals surface area contributed by atoms with E-state index < -0.39 is 5.97 Å². The molecule has 1 aromatic rings. The van der Waals surface area contributed by atoms with Crippen LogP contribution in [0.5, 0.6) is 0 Å². The minimum Gasteiger partial charge on any atom is -0.458 e. The van der Waals surface area contributed by atoms with Crippen molar-refractivity contribution in [3.8, 4) is 0 Å². The molecule has 1 rings (SSSR count). The molecule has 1 atom stereocenters. The quantitative estimate of drug-likeness (QED) is 0.645. The first-order valence-electron chi connectivity index (χ1n) is 6.46. The van der Waals surface area contributed by atoms with E-state index in [-0.39, 0.29) is 18.5 Å². The highest BCUT2D eigenvalue weighted by Crippen LogP contribution is 2.20. The van der Waals surface area contributed by atoms with Gasteiger partial charge in [-0.05, 0) is 38.2 Å². The van der Waals surface area contributed by atoms with E-state index in [0.29, 0.717) is 22.8 Å². The lowest BCUT2D eigenvalue weighted by Crippen LogP contribution is -2.33. The molecule has 0 aliphatic rings. The van der Waals surface area contributed by atoms with Crippen LogP contribution < -0.4 is 5.73 Å². The Morgan fingerprint density at radius 1 is 1.40 bits per heavy atom. The first-order valence-corrected chi connectivity index (χ1v) is 6.84. The van der Waals surface area contributed by atoms with Crippen LogP contribution in [0.2, 0.25) is 5.02 Å². The zero-order valence-corrected chi connectivity index (χ0v) is 13.6. The average Bonchev–Trinajstić information content (AvgIpc) is 2.35. The van der Waals surface area contributed by atoms with Crippen LogP contribution in [-0.4, -0.2) is 36.6 Å². The van der Waals surface area contributed by atoms with Gasteiger partial charge >= 0.3 is 5.97 Å². The van der Waals surface area contributed by atoms with E-state index in [2.05, 4.69) is 18.7 Å². The summed E-state index contributed by atoms with van der Waals surface area (Å²) in [6.07, 6.45) is -0.180. The van der Waals surface area contributed by atoms with Crippen molar-refractivity contribution in [3.05, 3.63) is 28.8 Å². The van der Waals surface area contributed by atoms with E-state index >= 15 is 0 Å². The number of likely N-dealkylation sites (N-methyl/N-ethyl adjacent to an activating group) is 1. The maximum atomic E-state index is 12.0. The number of hydrogen-bond acceptors (Lipinski definition) is 4. The lowest BCUT2D eigenvalue weighted by Gasteiger charge is -2.22. The van der Waals surface area contributed by atoms with Gasteiger partial charge < -0.3 is 15.4 Å². The molecule has 2 N–H and O–H groups in total. The van der Waals surface area contributed by atoms with E-state index in [1.165, 1.54) is 0 Å². The Balaban J connectivity index is 0.00000361. The summed E-state index contributed by atoms with van der Waals surface area (Å²) >= 11 is 5.98. The van der Waals surface area contributed by atoms with Gasteiger partial charge in [0, 0.05) is 12.2 Å². The molecule has 0 bridgehead atoms. The molecule has 0 saturated heterocycles. The second-order valence-electron chi connectivity index (χ2n) is 4.44. The van der Waals surface area contributed by atoms with Crippen molar-refractivity contribution in [3.63, 3.8) is 0 Å². The predicted molar refractivity (Wildman–Crippen MR) is 85.8 cm³/mol. The Labute approximate surface area is 131 Å². The number of carbonyl (C=O) groups is 1. The number of esters is 1. The topological polar surface area (TPSA) is 55.6 Å². The van der Waals surface area contributed by atoms with Crippen molar-refractivity contribution >= 4 is 35.7 Å². The van der Waals surface area contributed by atoms with Gasteiger partial charge in [0.2, 0.25) is 0 Å². The summed E-state index contributed by atoms with van der Waals surface area (Å²) in [4.78, 5) is 14.2. The van der Waals surface area contributed by atoms with E-state index in [1.807, 2.05) is 6.92 Å². The number of ether oxygens (including phenoxy) is 1. The number of carbonyl (C=O) groups excluding carboxylic acids is 1. The number of nitrogens with zero attached hydrogens (tertiary/aromatic N) is 1. The second-order valence-corrected chi connectivity index (χ2v) is 4.85. The number of rotatable bonds is 6. The fraction of sp³-hybridized carbons (Fsp3) is 0.500. The summed E-state index contributed by atoms with van der Waals surface area (Å²) in [6.45, 7) is 8.61. The number of benzene rings is 1. The molecule has 0 amide bonds. The van der Waals surface area contributed by atoms with Crippen LogP contribution in [0.15, 0.2) is 18.2 Å². The smallest absolute Gasteiger partial charge is 0.339 e. The highest BCUT2D eigenvalue weighted by Gasteiger charge is 2.16. The molecule has 0 saturated carbocycles. The first-order chi connectivity index (χ1) is 8.97. The maximum absolute atomic E-state index is 12.0. The molecule has 114 valence electrons. The van der Waals surface area contributed by atoms with E-state index in [4.69, 9.17) is 22.1 Å². The van der Waals surface area contributed by atoms with Crippen LogP contribution >= 0.6 is 24.0 Å². The molecule has 0 radical (unpaired) electrons. The van der Waals surface area contributed by atoms with Gasteiger partial charge in [-0.3, -0.25) is 0 Å².